The van der Waals surface area contributed by atoms with E-state index < -0.39 is 17.5 Å². The quantitative estimate of drug-likeness (QED) is 0.132. The van der Waals surface area contributed by atoms with E-state index in [0.29, 0.717) is 59.5 Å². The summed E-state index contributed by atoms with van der Waals surface area (Å²) in [5, 5.41) is 12.5. The maximum Gasteiger partial charge on any atom is 0.358 e. The van der Waals surface area contributed by atoms with Gasteiger partial charge in [0.1, 0.15) is 22.9 Å². The lowest BCUT2D eigenvalue weighted by atomic mass is 9.94. The maximum absolute atomic E-state index is 13.8. The maximum atomic E-state index is 13.8. The molecule has 2 aromatic heterocycles. The number of para-hydroxylation sites is 1. The first kappa shape index (κ1) is 36.3. The van der Waals surface area contributed by atoms with E-state index in [9.17, 15) is 14.4 Å². The molecule has 0 saturated carbocycles. The number of fused-ring (bicyclic) bond motifs is 2. The fourth-order valence-corrected chi connectivity index (χ4v) is 7.38. The summed E-state index contributed by atoms with van der Waals surface area (Å²) in [5.74, 6) is 0.266. The monoisotopic (exact) mass is 740 g/mol. The summed E-state index contributed by atoms with van der Waals surface area (Å²) in [4.78, 5) is 49.9. The van der Waals surface area contributed by atoms with Crippen LogP contribution in [0, 0.1) is 6.92 Å². The van der Waals surface area contributed by atoms with E-state index >= 15 is 0 Å². The molecule has 1 aliphatic rings. The summed E-state index contributed by atoms with van der Waals surface area (Å²) < 4.78 is 13.0. The Kier molecular flexibility index (Phi) is 10.2. The average Bonchev–Trinajstić information content (AvgIpc) is 3.55. The van der Waals surface area contributed by atoms with Crippen LogP contribution >= 0.6 is 11.3 Å². The number of nitrogens with one attached hydrogen (secondary N) is 1. The number of nitrogens with zero attached hydrogens (tertiary/aromatic N) is 3. The van der Waals surface area contributed by atoms with Gasteiger partial charge in [0.05, 0.1) is 10.2 Å². The van der Waals surface area contributed by atoms with Crippen molar-refractivity contribution < 1.29 is 29.0 Å². The number of carboxylic acid groups (broad SMARTS) is 1. The number of aromatic nitrogens is 2. The molecule has 0 saturated heterocycles. The minimum Gasteiger partial charge on any atom is -0.481 e. The number of rotatable bonds is 10. The smallest absolute Gasteiger partial charge is 0.358 e. The fourth-order valence-electron chi connectivity index (χ4n) is 6.52. The molecule has 0 atom stereocenters. The predicted molar refractivity (Wildman–Crippen MR) is 211 cm³/mol. The molecule has 0 radical (unpaired) electrons. The van der Waals surface area contributed by atoms with Crippen molar-refractivity contribution in [1.29, 1.82) is 0 Å². The third kappa shape index (κ3) is 8.26. The normalized spacial score (nSPS) is 12.6. The summed E-state index contributed by atoms with van der Waals surface area (Å²) >= 11 is 1.44. The van der Waals surface area contributed by atoms with Crippen LogP contribution in [0.25, 0.3) is 21.3 Å². The lowest BCUT2D eigenvalue weighted by Gasteiger charge is -2.31. The zero-order valence-corrected chi connectivity index (χ0v) is 31.3. The van der Waals surface area contributed by atoms with Crippen LogP contribution in [0.5, 0.6) is 11.5 Å². The molecule has 7 rings (SSSR count). The number of carboxylic acids is 1. The lowest BCUT2D eigenvalue weighted by Crippen LogP contribution is -2.33. The van der Waals surface area contributed by atoms with Gasteiger partial charge in [-0.3, -0.25) is 14.9 Å². The van der Waals surface area contributed by atoms with Gasteiger partial charge in [-0.15, -0.1) is 0 Å². The van der Waals surface area contributed by atoms with Crippen LogP contribution in [0.2, 0.25) is 0 Å². The number of benzene rings is 4. The van der Waals surface area contributed by atoms with Crippen molar-refractivity contribution in [2.75, 3.05) is 16.8 Å². The zero-order chi connectivity index (χ0) is 38.0. The minimum absolute atomic E-state index is 0.0695. The number of ether oxygens (including phenoxy) is 2. The predicted octanol–water partition coefficient (Wildman–Crippen LogP) is 9.25. The first-order valence-corrected chi connectivity index (χ1v) is 18.6. The van der Waals surface area contributed by atoms with Gasteiger partial charge in [0.2, 0.25) is 0 Å². The zero-order valence-electron chi connectivity index (χ0n) is 30.5. The number of aryl methyl sites for hydroxylation is 2. The number of thiazole rings is 1. The summed E-state index contributed by atoms with van der Waals surface area (Å²) in [5.41, 5.74) is 6.12. The highest BCUT2D eigenvalue weighted by Gasteiger charge is 2.27. The number of esters is 1. The number of hydrogen-bond acceptors (Lipinski definition) is 9. The molecule has 0 fully saturated rings. The number of carbonyl (C=O) groups is 3. The Morgan fingerprint density at radius 3 is 2.39 bits per heavy atom. The van der Waals surface area contributed by atoms with Crippen molar-refractivity contribution in [3.63, 3.8) is 0 Å². The van der Waals surface area contributed by atoms with Crippen LogP contribution in [0.4, 0.5) is 10.9 Å². The number of aliphatic carboxylic acids is 1. The summed E-state index contributed by atoms with van der Waals surface area (Å²) in [6.07, 6.45) is 1.22. The first-order chi connectivity index (χ1) is 25.9. The van der Waals surface area contributed by atoms with E-state index in [4.69, 9.17) is 19.6 Å². The summed E-state index contributed by atoms with van der Waals surface area (Å²) in [6, 6.07) is 30.4. The molecule has 1 aliphatic heterocycles. The molecule has 0 spiro atoms. The Hall–Kier alpha value is -6.07. The Labute approximate surface area is 317 Å². The minimum atomic E-state index is -0.833. The van der Waals surface area contributed by atoms with Gasteiger partial charge in [-0.1, -0.05) is 53.8 Å². The first-order valence-electron chi connectivity index (χ1n) is 17.8. The van der Waals surface area contributed by atoms with Gasteiger partial charge in [-0.25, -0.2) is 14.8 Å². The van der Waals surface area contributed by atoms with Gasteiger partial charge in [-0.05, 0) is 123 Å². The standard InChI is InChI=1S/C43H40N4O6S/c1-26-24-30(52-29-15-12-27(13-16-29)14-21-38(48)49)17-18-31(26)32-19-20-37(45-39(32)41(51)53-43(2,3)4)47-23-22-28-8-7-9-33(34(28)25-47)40(50)46-42-44-35-10-5-6-11-36(35)54-42/h5-13,15-20,24H,14,21-23,25H2,1-4H3,(H,48,49)(H,44,46,50). The van der Waals surface area contributed by atoms with Crippen LogP contribution in [-0.2, 0) is 28.9 Å². The van der Waals surface area contributed by atoms with Gasteiger partial charge >= 0.3 is 11.9 Å². The van der Waals surface area contributed by atoms with E-state index in [0.717, 1.165) is 38.0 Å². The highest BCUT2D eigenvalue weighted by molar-refractivity contribution is 7.22. The Morgan fingerprint density at radius 1 is 0.889 bits per heavy atom. The molecule has 54 heavy (non-hydrogen) atoms. The van der Waals surface area contributed by atoms with Gasteiger partial charge in [0.15, 0.2) is 10.8 Å². The molecule has 6 aromatic rings. The molecule has 4 aromatic carbocycles. The number of anilines is 2. The van der Waals surface area contributed by atoms with E-state index in [2.05, 4.69) is 21.3 Å². The Morgan fingerprint density at radius 2 is 1.65 bits per heavy atom. The van der Waals surface area contributed by atoms with Crippen molar-refractivity contribution >= 4 is 50.3 Å². The molecule has 0 aliphatic carbocycles. The topological polar surface area (TPSA) is 131 Å². The number of amides is 1. The van der Waals surface area contributed by atoms with Crippen molar-refractivity contribution in [3.8, 4) is 22.6 Å². The summed E-state index contributed by atoms with van der Waals surface area (Å²) in [7, 11) is 0. The molecule has 2 N–H and O–H groups in total. The molecular weight excluding hydrogens is 701 g/mol. The molecule has 274 valence electrons. The lowest BCUT2D eigenvalue weighted by molar-refractivity contribution is -0.136. The molecular formula is C43H40N4O6S. The van der Waals surface area contributed by atoms with E-state index in [-0.39, 0.29) is 18.0 Å². The molecule has 11 heteroatoms. The van der Waals surface area contributed by atoms with Gasteiger partial charge < -0.3 is 19.5 Å². The van der Waals surface area contributed by atoms with E-state index in [1.165, 1.54) is 11.3 Å². The van der Waals surface area contributed by atoms with Crippen molar-refractivity contribution in [1.82, 2.24) is 9.97 Å². The average molecular weight is 741 g/mol. The molecule has 10 nitrogen and oxygen atoms in total. The number of carbonyl (C=O) groups excluding carboxylic acids is 2. The third-order valence-electron chi connectivity index (χ3n) is 9.10. The second-order valence-corrected chi connectivity index (χ2v) is 15.3. The van der Waals surface area contributed by atoms with E-state index in [1.54, 1.807) is 0 Å². The second-order valence-electron chi connectivity index (χ2n) is 14.2. The van der Waals surface area contributed by atoms with Crippen molar-refractivity contribution in [3.05, 3.63) is 131 Å². The van der Waals surface area contributed by atoms with Crippen LogP contribution in [0.15, 0.2) is 97.1 Å². The van der Waals surface area contributed by atoms with Gasteiger partial charge in [-0.2, -0.15) is 0 Å². The molecule has 0 unspecified atom stereocenters. The SMILES string of the molecule is Cc1cc(Oc2ccc(CCC(=O)O)cc2)ccc1-c1ccc(N2CCc3cccc(C(=O)Nc4nc5ccccc5s4)c3C2)nc1C(=O)OC(C)(C)C. The third-order valence-corrected chi connectivity index (χ3v) is 10.1. The molecule has 3 heterocycles. The number of pyridine rings is 1. The van der Waals surface area contributed by atoms with Crippen LogP contribution in [-0.4, -0.2) is 45.1 Å². The Balaban J connectivity index is 1.14. The van der Waals surface area contributed by atoms with Crippen LogP contribution in [0.3, 0.4) is 0 Å². The molecule has 1 amide bonds. The van der Waals surface area contributed by atoms with Crippen molar-refractivity contribution in [2.45, 2.75) is 59.1 Å². The van der Waals surface area contributed by atoms with E-state index in [1.807, 2.05) is 119 Å². The largest absolute Gasteiger partial charge is 0.481 e. The van der Waals surface area contributed by atoms with Crippen LogP contribution in [0.1, 0.15) is 70.3 Å². The van der Waals surface area contributed by atoms with Crippen LogP contribution < -0.4 is 15.0 Å². The molecule has 0 bridgehead atoms. The fraction of sp³-hybridized carbons (Fsp3) is 0.233. The van der Waals surface area contributed by atoms with Gasteiger partial charge in [0, 0.05) is 30.6 Å². The van der Waals surface area contributed by atoms with Crippen molar-refractivity contribution in [2.24, 2.45) is 0 Å². The summed E-state index contributed by atoms with van der Waals surface area (Å²) in [6.45, 7) is 8.52. The van der Waals surface area contributed by atoms with Gasteiger partial charge in [0.25, 0.3) is 5.91 Å². The highest BCUT2D eigenvalue weighted by atomic mass is 32.1. The number of hydrogen-bond donors (Lipinski definition) is 2. The second kappa shape index (κ2) is 15.1. The Bertz CT molecular complexity index is 2350. The highest BCUT2D eigenvalue weighted by Crippen LogP contribution is 2.35.